The van der Waals surface area contributed by atoms with Crippen LogP contribution < -0.4 is 5.32 Å². The first-order valence-corrected chi connectivity index (χ1v) is 7.60. The fraction of sp³-hybridized carbons (Fsp3) is 0.0714. The van der Waals surface area contributed by atoms with E-state index in [4.69, 9.17) is 11.6 Å². The summed E-state index contributed by atoms with van der Waals surface area (Å²) in [4.78, 5) is 12.2. The summed E-state index contributed by atoms with van der Waals surface area (Å²) in [6.07, 6.45) is 0. The molecule has 0 saturated carbocycles. The number of nitrogens with one attached hydrogen (secondary N) is 1. The molecular weight excluding hydrogens is 409 g/mol. The number of phenols is 1. The molecule has 2 aromatic rings. The largest absolute Gasteiger partial charge is 0.508 e. The highest BCUT2D eigenvalue weighted by atomic mass is 79.9. The summed E-state index contributed by atoms with van der Waals surface area (Å²) in [5.41, 5.74) is 1.88. The maximum atomic E-state index is 12.2. The predicted molar refractivity (Wildman–Crippen MR) is 87.6 cm³/mol. The first-order valence-electron chi connectivity index (χ1n) is 5.64. The Morgan fingerprint density at radius 1 is 1.20 bits per heavy atom. The highest BCUT2D eigenvalue weighted by Crippen LogP contribution is 2.33. The minimum atomic E-state index is -0.392. The van der Waals surface area contributed by atoms with Gasteiger partial charge in [-0.2, -0.15) is 0 Å². The number of carbonyl (C=O) groups excluding carboxylic acids is 1. The first-order chi connectivity index (χ1) is 9.38. The summed E-state index contributed by atoms with van der Waals surface area (Å²) < 4.78 is 1.52. The zero-order chi connectivity index (χ0) is 14.9. The fourth-order valence-corrected chi connectivity index (χ4v) is 3.50. The Balaban J connectivity index is 2.35. The average molecular weight is 420 g/mol. The predicted octanol–water partition coefficient (Wildman–Crippen LogP) is 5.13. The van der Waals surface area contributed by atoms with Crippen molar-refractivity contribution in [1.82, 2.24) is 0 Å². The number of hydrogen-bond donors (Lipinski definition) is 2. The van der Waals surface area contributed by atoms with E-state index in [1.165, 1.54) is 18.2 Å². The molecule has 2 aromatic carbocycles. The summed E-state index contributed by atoms with van der Waals surface area (Å²) in [5, 5.41) is 12.5. The first kappa shape index (κ1) is 15.4. The van der Waals surface area contributed by atoms with E-state index in [1.54, 1.807) is 0 Å². The lowest BCUT2D eigenvalue weighted by atomic mass is 10.2. The molecule has 0 radical (unpaired) electrons. The number of halogens is 3. The topological polar surface area (TPSA) is 49.3 Å². The van der Waals surface area contributed by atoms with Crippen molar-refractivity contribution in [2.24, 2.45) is 0 Å². The van der Waals surface area contributed by atoms with Crippen molar-refractivity contribution in [1.29, 1.82) is 0 Å². The standard InChI is InChI=1S/C14H10Br2ClNO2/c1-7-4-10(15)13(11(16)5-7)18-14(20)9-6-8(19)2-3-12(9)17/h2-6,19H,1H3,(H,18,20). The van der Waals surface area contributed by atoms with Crippen LogP contribution in [0.4, 0.5) is 5.69 Å². The molecular formula is C14H10Br2ClNO2. The zero-order valence-electron chi connectivity index (χ0n) is 10.4. The van der Waals surface area contributed by atoms with E-state index >= 15 is 0 Å². The number of aromatic hydroxyl groups is 1. The van der Waals surface area contributed by atoms with Crippen LogP contribution in [0.25, 0.3) is 0 Å². The number of aryl methyl sites for hydroxylation is 1. The van der Waals surface area contributed by atoms with Gasteiger partial charge in [-0.15, -0.1) is 0 Å². The molecule has 2 N–H and O–H groups in total. The van der Waals surface area contributed by atoms with Gasteiger partial charge in [0.2, 0.25) is 0 Å². The summed E-state index contributed by atoms with van der Waals surface area (Å²) in [5.74, 6) is -0.405. The van der Waals surface area contributed by atoms with E-state index in [1.807, 2.05) is 19.1 Å². The molecule has 0 fully saturated rings. The molecule has 0 spiro atoms. The van der Waals surface area contributed by atoms with Gasteiger partial charge in [-0.3, -0.25) is 4.79 Å². The van der Waals surface area contributed by atoms with E-state index < -0.39 is 5.91 Å². The van der Waals surface area contributed by atoms with Gasteiger partial charge in [0.05, 0.1) is 16.3 Å². The van der Waals surface area contributed by atoms with Gasteiger partial charge in [-0.25, -0.2) is 0 Å². The number of amides is 1. The Kier molecular flexibility index (Phi) is 4.73. The second-order valence-corrected chi connectivity index (χ2v) is 6.34. The normalized spacial score (nSPS) is 10.4. The number of hydrogen-bond acceptors (Lipinski definition) is 2. The molecule has 0 saturated heterocycles. The molecule has 6 heteroatoms. The van der Waals surface area contributed by atoms with Crippen molar-refractivity contribution in [3.8, 4) is 5.75 Å². The van der Waals surface area contributed by atoms with Crippen LogP contribution in [0.5, 0.6) is 5.75 Å². The summed E-state index contributed by atoms with van der Waals surface area (Å²) in [6, 6.07) is 8.02. The van der Waals surface area contributed by atoms with Gasteiger partial charge in [0, 0.05) is 8.95 Å². The van der Waals surface area contributed by atoms with E-state index in [2.05, 4.69) is 37.2 Å². The maximum absolute atomic E-state index is 12.2. The third-order valence-corrected chi connectivity index (χ3v) is 4.20. The Labute approximate surface area is 138 Å². The smallest absolute Gasteiger partial charge is 0.257 e. The van der Waals surface area contributed by atoms with E-state index in [-0.39, 0.29) is 16.3 Å². The molecule has 20 heavy (non-hydrogen) atoms. The molecule has 0 bridgehead atoms. The minimum Gasteiger partial charge on any atom is -0.508 e. The van der Waals surface area contributed by atoms with E-state index in [0.29, 0.717) is 5.69 Å². The SMILES string of the molecule is Cc1cc(Br)c(NC(=O)c2cc(O)ccc2Cl)c(Br)c1. The third kappa shape index (κ3) is 3.34. The second-order valence-electron chi connectivity index (χ2n) is 4.22. The van der Waals surface area contributed by atoms with Crippen LogP contribution in [0.2, 0.25) is 5.02 Å². The minimum absolute atomic E-state index is 0.0124. The van der Waals surface area contributed by atoms with Gasteiger partial charge in [0.1, 0.15) is 5.75 Å². The quantitative estimate of drug-likeness (QED) is 0.709. The Morgan fingerprint density at radius 2 is 1.80 bits per heavy atom. The van der Waals surface area contributed by atoms with Crippen molar-refractivity contribution in [3.05, 3.63) is 55.4 Å². The van der Waals surface area contributed by atoms with Crippen LogP contribution in [0.3, 0.4) is 0 Å². The zero-order valence-corrected chi connectivity index (χ0v) is 14.3. The highest BCUT2D eigenvalue weighted by molar-refractivity contribution is 9.11. The number of carbonyl (C=O) groups is 1. The molecule has 0 aliphatic rings. The number of benzene rings is 2. The molecule has 0 aliphatic carbocycles. The summed E-state index contributed by atoms with van der Waals surface area (Å²) >= 11 is 12.8. The van der Waals surface area contributed by atoms with Crippen molar-refractivity contribution >= 4 is 55.1 Å². The molecule has 0 aliphatic heterocycles. The fourth-order valence-electron chi connectivity index (χ4n) is 1.69. The Morgan fingerprint density at radius 3 is 2.40 bits per heavy atom. The lowest BCUT2D eigenvalue weighted by molar-refractivity contribution is 0.102. The number of anilines is 1. The number of rotatable bonds is 2. The monoisotopic (exact) mass is 417 g/mol. The van der Waals surface area contributed by atoms with Crippen LogP contribution in [0.15, 0.2) is 39.3 Å². The van der Waals surface area contributed by atoms with Crippen molar-refractivity contribution < 1.29 is 9.90 Å². The molecule has 1 amide bonds. The lowest BCUT2D eigenvalue weighted by Crippen LogP contribution is -2.13. The molecule has 0 unspecified atom stereocenters. The van der Waals surface area contributed by atoms with Crippen LogP contribution in [-0.4, -0.2) is 11.0 Å². The van der Waals surface area contributed by atoms with Gasteiger partial charge < -0.3 is 10.4 Å². The van der Waals surface area contributed by atoms with Gasteiger partial charge in [-0.05, 0) is 74.7 Å². The number of phenolic OH excluding ortho intramolecular Hbond substituents is 1. The van der Waals surface area contributed by atoms with Crippen molar-refractivity contribution in [2.75, 3.05) is 5.32 Å². The molecule has 3 nitrogen and oxygen atoms in total. The van der Waals surface area contributed by atoms with E-state index in [0.717, 1.165) is 14.5 Å². The van der Waals surface area contributed by atoms with Gasteiger partial charge in [0.25, 0.3) is 5.91 Å². The van der Waals surface area contributed by atoms with E-state index in [9.17, 15) is 9.90 Å². The van der Waals surface area contributed by atoms with Crippen molar-refractivity contribution in [3.63, 3.8) is 0 Å². The average Bonchev–Trinajstić information content (AvgIpc) is 2.36. The molecule has 0 heterocycles. The van der Waals surface area contributed by atoms with Crippen LogP contribution >= 0.6 is 43.5 Å². The summed E-state index contributed by atoms with van der Waals surface area (Å²) in [7, 11) is 0. The van der Waals surface area contributed by atoms with Crippen LogP contribution in [0.1, 0.15) is 15.9 Å². The summed E-state index contributed by atoms with van der Waals surface area (Å²) in [6.45, 7) is 1.95. The van der Waals surface area contributed by atoms with Gasteiger partial charge >= 0.3 is 0 Å². The second kappa shape index (κ2) is 6.16. The molecule has 2 rings (SSSR count). The van der Waals surface area contributed by atoms with Gasteiger partial charge in [0.15, 0.2) is 0 Å². The molecule has 0 atom stereocenters. The maximum Gasteiger partial charge on any atom is 0.257 e. The molecule has 104 valence electrons. The third-order valence-electron chi connectivity index (χ3n) is 2.62. The van der Waals surface area contributed by atoms with Crippen LogP contribution in [-0.2, 0) is 0 Å². The Bertz CT molecular complexity index is 666. The van der Waals surface area contributed by atoms with Gasteiger partial charge in [-0.1, -0.05) is 11.6 Å². The Hall–Kier alpha value is -1.04. The molecule has 0 aromatic heterocycles. The van der Waals surface area contributed by atoms with Crippen LogP contribution in [0, 0.1) is 6.92 Å². The highest BCUT2D eigenvalue weighted by Gasteiger charge is 2.15. The lowest BCUT2D eigenvalue weighted by Gasteiger charge is -2.11. The van der Waals surface area contributed by atoms with Crippen molar-refractivity contribution in [2.45, 2.75) is 6.92 Å².